The van der Waals surface area contributed by atoms with Crippen LogP contribution in [0.3, 0.4) is 0 Å². The van der Waals surface area contributed by atoms with E-state index >= 15 is 0 Å². The predicted octanol–water partition coefficient (Wildman–Crippen LogP) is 7.69. The van der Waals surface area contributed by atoms with Crippen LogP contribution in [-0.2, 0) is 25.7 Å². The fraction of sp³-hybridized carbons (Fsp3) is 0.286. The largest absolute Gasteiger partial charge is 0.247 e. The lowest BCUT2D eigenvalue weighted by molar-refractivity contribution is 0.334. The monoisotopic (exact) mass is 406 g/mol. The van der Waals surface area contributed by atoms with Crippen LogP contribution in [0.4, 0.5) is 8.78 Å². The van der Waals surface area contributed by atoms with Gasteiger partial charge in [-0.25, -0.2) is 8.78 Å². The van der Waals surface area contributed by atoms with E-state index in [0.717, 1.165) is 19.3 Å². The molecular weight excluding hydrogens is 374 g/mol. The van der Waals surface area contributed by atoms with E-state index in [1.807, 2.05) is 19.1 Å². The number of rotatable bonds is 12. The average molecular weight is 407 g/mol. The predicted molar refractivity (Wildman–Crippen MR) is 125 cm³/mol. The highest BCUT2D eigenvalue weighted by molar-refractivity contribution is 5.28. The third-order valence-corrected chi connectivity index (χ3v) is 5.00. The molecule has 2 aromatic carbocycles. The zero-order valence-corrected chi connectivity index (χ0v) is 17.9. The van der Waals surface area contributed by atoms with E-state index < -0.39 is 6.17 Å². The van der Waals surface area contributed by atoms with Crippen LogP contribution in [0.25, 0.3) is 0 Å². The van der Waals surface area contributed by atoms with Gasteiger partial charge in [-0.1, -0.05) is 85.5 Å². The lowest BCUT2D eigenvalue weighted by Crippen LogP contribution is -2.04. The molecule has 0 saturated carbocycles. The van der Waals surface area contributed by atoms with Crippen molar-refractivity contribution in [3.05, 3.63) is 120 Å². The summed E-state index contributed by atoms with van der Waals surface area (Å²) >= 11 is 0. The van der Waals surface area contributed by atoms with Crippen molar-refractivity contribution in [3.63, 3.8) is 0 Å². The van der Waals surface area contributed by atoms with Crippen molar-refractivity contribution in [1.29, 1.82) is 0 Å². The minimum Gasteiger partial charge on any atom is -0.247 e. The minimum absolute atomic E-state index is 0.224. The van der Waals surface area contributed by atoms with E-state index in [1.54, 1.807) is 30.4 Å². The third kappa shape index (κ3) is 8.73. The van der Waals surface area contributed by atoms with Crippen molar-refractivity contribution < 1.29 is 8.78 Å². The highest BCUT2D eigenvalue weighted by Gasteiger charge is 2.09. The molecule has 0 amide bonds. The first kappa shape index (κ1) is 23.5. The van der Waals surface area contributed by atoms with E-state index in [0.29, 0.717) is 24.0 Å². The molecule has 0 aliphatic carbocycles. The summed E-state index contributed by atoms with van der Waals surface area (Å²) < 4.78 is 28.6. The Morgan fingerprint density at radius 3 is 2.23 bits per heavy atom. The van der Waals surface area contributed by atoms with Crippen LogP contribution >= 0.6 is 0 Å². The van der Waals surface area contributed by atoms with E-state index in [2.05, 4.69) is 43.0 Å². The lowest BCUT2D eigenvalue weighted by Gasteiger charge is -2.09. The molecule has 0 aromatic heterocycles. The molecule has 0 aliphatic rings. The molecule has 0 heterocycles. The molecule has 158 valence electrons. The maximum atomic E-state index is 14.5. The van der Waals surface area contributed by atoms with Gasteiger partial charge in [-0.3, -0.25) is 0 Å². The first-order valence-electron chi connectivity index (χ1n) is 10.7. The maximum absolute atomic E-state index is 14.5. The Morgan fingerprint density at radius 1 is 0.867 bits per heavy atom. The summed E-state index contributed by atoms with van der Waals surface area (Å²) in [6.45, 7) is 5.61. The SMILES string of the molecule is C=C/C=C\C=C/C[C@@H](F)Cc1ccc(CCc2ccc(CC/C=C/C)cc2)c(F)c1. The second-order valence-corrected chi connectivity index (χ2v) is 7.44. The number of alkyl halides is 1. The van der Waals surface area contributed by atoms with Gasteiger partial charge in [-0.05, 0) is 67.3 Å². The van der Waals surface area contributed by atoms with Crippen molar-refractivity contribution in [2.75, 3.05) is 0 Å². The zero-order valence-electron chi connectivity index (χ0n) is 17.9. The number of hydrogen-bond donors (Lipinski definition) is 0. The van der Waals surface area contributed by atoms with Gasteiger partial charge in [0.25, 0.3) is 0 Å². The van der Waals surface area contributed by atoms with Crippen LogP contribution in [-0.4, -0.2) is 6.17 Å². The van der Waals surface area contributed by atoms with E-state index in [4.69, 9.17) is 0 Å². The summed E-state index contributed by atoms with van der Waals surface area (Å²) in [5, 5.41) is 0. The van der Waals surface area contributed by atoms with E-state index in [-0.39, 0.29) is 12.2 Å². The molecule has 2 rings (SSSR count). The van der Waals surface area contributed by atoms with Gasteiger partial charge >= 0.3 is 0 Å². The molecule has 1 atom stereocenters. The van der Waals surface area contributed by atoms with Crippen molar-refractivity contribution in [2.24, 2.45) is 0 Å². The van der Waals surface area contributed by atoms with Crippen LogP contribution in [0.2, 0.25) is 0 Å². The van der Waals surface area contributed by atoms with Gasteiger partial charge in [0.05, 0.1) is 0 Å². The normalized spacial score (nSPS) is 12.9. The molecule has 0 aliphatic heterocycles. The van der Waals surface area contributed by atoms with Crippen LogP contribution in [0.1, 0.15) is 42.0 Å². The quantitative estimate of drug-likeness (QED) is 0.250. The standard InChI is InChI=1S/C28H32F2/c1-3-5-7-8-10-12-27(29)21-25-18-20-26(28(30)22-25)19-17-24-15-13-23(14-16-24)11-9-6-4-2/h3-8,10,13-16,18,20,22,27H,1,9,11-12,17,19,21H2,2H3/b6-4+,7-5-,10-8-/t27-/m1/s1. The summed E-state index contributed by atoms with van der Waals surface area (Å²) in [4.78, 5) is 0. The topological polar surface area (TPSA) is 0 Å². The number of hydrogen-bond acceptors (Lipinski definition) is 0. The zero-order chi connectivity index (χ0) is 21.6. The lowest BCUT2D eigenvalue weighted by atomic mass is 9.99. The van der Waals surface area contributed by atoms with Crippen LogP contribution in [0.15, 0.2) is 91.6 Å². The fourth-order valence-electron chi connectivity index (χ4n) is 3.28. The smallest absolute Gasteiger partial charge is 0.126 e. The highest BCUT2D eigenvalue weighted by atomic mass is 19.1. The number of benzene rings is 2. The van der Waals surface area contributed by atoms with Crippen molar-refractivity contribution >= 4 is 0 Å². The first-order chi connectivity index (χ1) is 14.6. The van der Waals surface area contributed by atoms with Gasteiger partial charge in [0, 0.05) is 6.42 Å². The van der Waals surface area contributed by atoms with Gasteiger partial charge in [0.1, 0.15) is 12.0 Å². The van der Waals surface area contributed by atoms with E-state index in [9.17, 15) is 8.78 Å². The first-order valence-corrected chi connectivity index (χ1v) is 10.7. The second kappa shape index (κ2) is 13.5. The molecule has 0 unspecified atom stereocenters. The summed E-state index contributed by atoms with van der Waals surface area (Å²) in [6.07, 6.45) is 16.1. The minimum atomic E-state index is -1.02. The van der Waals surface area contributed by atoms with Gasteiger partial charge in [0.15, 0.2) is 0 Å². The van der Waals surface area contributed by atoms with Gasteiger partial charge in [-0.15, -0.1) is 0 Å². The van der Waals surface area contributed by atoms with E-state index in [1.165, 1.54) is 17.2 Å². The van der Waals surface area contributed by atoms with Crippen LogP contribution < -0.4 is 0 Å². The molecule has 0 saturated heterocycles. The molecule has 2 aromatic rings. The van der Waals surface area contributed by atoms with Gasteiger partial charge < -0.3 is 0 Å². The number of halogens is 2. The molecule has 30 heavy (non-hydrogen) atoms. The summed E-state index contributed by atoms with van der Waals surface area (Å²) in [7, 11) is 0. The molecule has 0 fully saturated rings. The van der Waals surface area contributed by atoms with Crippen molar-refractivity contribution in [3.8, 4) is 0 Å². The van der Waals surface area contributed by atoms with Crippen molar-refractivity contribution in [2.45, 2.75) is 51.6 Å². The van der Waals surface area contributed by atoms with Crippen LogP contribution in [0.5, 0.6) is 0 Å². The molecule has 2 heteroatoms. The second-order valence-electron chi connectivity index (χ2n) is 7.44. The Morgan fingerprint density at radius 2 is 1.57 bits per heavy atom. The molecule has 0 nitrogen and oxygen atoms in total. The Bertz CT molecular complexity index is 857. The Balaban J connectivity index is 1.84. The fourth-order valence-corrected chi connectivity index (χ4v) is 3.28. The molecular formula is C28H32F2. The van der Waals surface area contributed by atoms with Crippen molar-refractivity contribution in [1.82, 2.24) is 0 Å². The summed E-state index contributed by atoms with van der Waals surface area (Å²) in [5.41, 5.74) is 3.90. The molecule has 0 bridgehead atoms. The Kier molecular flexibility index (Phi) is 10.6. The van der Waals surface area contributed by atoms with Crippen LogP contribution in [0, 0.1) is 5.82 Å². The highest BCUT2D eigenvalue weighted by Crippen LogP contribution is 2.17. The summed E-state index contributed by atoms with van der Waals surface area (Å²) in [6, 6.07) is 13.7. The molecule has 0 N–H and O–H groups in total. The maximum Gasteiger partial charge on any atom is 0.126 e. The molecule has 0 spiro atoms. The number of aryl methyl sites for hydroxylation is 3. The Hall–Kier alpha value is -2.74. The van der Waals surface area contributed by atoms with Gasteiger partial charge in [0.2, 0.25) is 0 Å². The molecule has 0 radical (unpaired) electrons. The average Bonchev–Trinajstić information content (AvgIpc) is 2.74. The van der Waals surface area contributed by atoms with Gasteiger partial charge in [-0.2, -0.15) is 0 Å². The summed E-state index contributed by atoms with van der Waals surface area (Å²) in [5.74, 6) is -0.243. The Labute approximate surface area is 180 Å². The third-order valence-electron chi connectivity index (χ3n) is 5.00. The number of allylic oxidation sites excluding steroid dienone is 7.